The first-order chi connectivity index (χ1) is 21.0. The van der Waals surface area contributed by atoms with Crippen LogP contribution in [-0.2, 0) is 6.42 Å². The number of carbonyl (C=O) groups is 1. The molecule has 5 aromatic rings. The second kappa shape index (κ2) is 13.1. The van der Waals surface area contributed by atoms with Crippen molar-refractivity contribution in [1.82, 2.24) is 14.9 Å². The molecule has 6 rings (SSSR count). The number of ether oxygens (including phenoxy) is 1. The number of para-hydroxylation sites is 1. The van der Waals surface area contributed by atoms with Gasteiger partial charge in [0, 0.05) is 44.0 Å². The topological polar surface area (TPSA) is 73.5 Å². The first-order valence-corrected chi connectivity index (χ1v) is 15.3. The normalized spacial score (nSPS) is 13.8. The Morgan fingerprint density at radius 2 is 1.60 bits per heavy atom. The highest BCUT2D eigenvalue weighted by Crippen LogP contribution is 2.30. The molecule has 9 heteroatoms. The number of halogens is 2. The predicted molar refractivity (Wildman–Crippen MR) is 176 cm³/mol. The van der Waals surface area contributed by atoms with Crippen molar-refractivity contribution in [2.24, 2.45) is 0 Å². The van der Waals surface area contributed by atoms with E-state index in [1.54, 1.807) is 30.3 Å². The minimum Gasteiger partial charge on any atom is -0.492 e. The lowest BCUT2D eigenvalue weighted by Gasteiger charge is -2.36. The van der Waals surface area contributed by atoms with Crippen molar-refractivity contribution in [3.05, 3.63) is 106 Å². The van der Waals surface area contributed by atoms with Crippen LogP contribution in [0.5, 0.6) is 5.75 Å². The largest absolute Gasteiger partial charge is 0.492 e. The van der Waals surface area contributed by atoms with E-state index in [2.05, 4.69) is 69.5 Å². The number of benzene rings is 4. The molecule has 0 unspecified atom stereocenters. The van der Waals surface area contributed by atoms with Crippen molar-refractivity contribution < 1.29 is 9.53 Å². The van der Waals surface area contributed by atoms with Gasteiger partial charge in [-0.3, -0.25) is 9.69 Å². The van der Waals surface area contributed by atoms with Gasteiger partial charge in [-0.05, 0) is 60.5 Å². The number of amides is 1. The summed E-state index contributed by atoms with van der Waals surface area (Å²) in [6, 6.07) is 27.3. The maximum atomic E-state index is 12.6. The van der Waals surface area contributed by atoms with Crippen LogP contribution in [-0.4, -0.2) is 60.1 Å². The van der Waals surface area contributed by atoms with Gasteiger partial charge in [-0.1, -0.05) is 66.5 Å². The quantitative estimate of drug-likeness (QED) is 0.179. The van der Waals surface area contributed by atoms with Gasteiger partial charge in [0.25, 0.3) is 5.91 Å². The molecule has 7 nitrogen and oxygen atoms in total. The molecule has 1 aliphatic rings. The number of carbonyl (C=O) groups excluding carboxylic acids is 1. The minimum absolute atomic E-state index is 0.259. The van der Waals surface area contributed by atoms with Gasteiger partial charge < -0.3 is 19.9 Å². The van der Waals surface area contributed by atoms with Crippen LogP contribution in [0.1, 0.15) is 22.8 Å². The van der Waals surface area contributed by atoms with E-state index in [1.165, 1.54) is 11.3 Å². The van der Waals surface area contributed by atoms with Crippen molar-refractivity contribution >= 4 is 51.5 Å². The molecule has 0 aliphatic carbocycles. The Balaban J connectivity index is 0.995. The molecule has 0 spiro atoms. The third kappa shape index (κ3) is 6.64. The highest BCUT2D eigenvalue weighted by Gasteiger charge is 2.20. The molecule has 1 aromatic heterocycles. The van der Waals surface area contributed by atoms with Crippen molar-refractivity contribution in [2.45, 2.75) is 13.3 Å². The van der Waals surface area contributed by atoms with Gasteiger partial charge in [-0.2, -0.15) is 0 Å². The summed E-state index contributed by atoms with van der Waals surface area (Å²) in [4.78, 5) is 26.0. The summed E-state index contributed by atoms with van der Waals surface area (Å²) in [6.07, 6.45) is 1.03. The number of aromatic amines is 1. The lowest BCUT2D eigenvalue weighted by Crippen LogP contribution is -2.47. The Kier molecular flexibility index (Phi) is 8.84. The fourth-order valence-electron chi connectivity index (χ4n) is 5.36. The molecule has 2 heterocycles. The molecule has 2 N–H and O–H groups in total. The lowest BCUT2D eigenvalue weighted by molar-refractivity contribution is 0.102. The maximum absolute atomic E-state index is 12.6. The van der Waals surface area contributed by atoms with E-state index >= 15 is 0 Å². The molecular formula is C34H33Cl2N5O2. The molecule has 1 fully saturated rings. The van der Waals surface area contributed by atoms with E-state index in [9.17, 15) is 4.79 Å². The van der Waals surface area contributed by atoms with Crippen LogP contribution in [0.15, 0.2) is 84.9 Å². The van der Waals surface area contributed by atoms with Gasteiger partial charge in [-0.15, -0.1) is 0 Å². The SMILES string of the molecule is CCc1ccc(-c2nc3c(N4CCN(CCOc5ccc(NC(=O)c6c(Cl)cccc6Cl)cc5)CC4)cccc3[nH]2)cc1. The number of nitrogens with zero attached hydrogens (tertiary/aromatic N) is 3. The third-order valence-electron chi connectivity index (χ3n) is 7.82. The summed E-state index contributed by atoms with van der Waals surface area (Å²) in [6.45, 7) is 7.33. The monoisotopic (exact) mass is 613 g/mol. The summed E-state index contributed by atoms with van der Waals surface area (Å²) in [5.41, 5.74) is 6.57. The molecule has 1 aliphatic heterocycles. The lowest BCUT2D eigenvalue weighted by atomic mass is 10.1. The summed E-state index contributed by atoms with van der Waals surface area (Å²) in [5, 5.41) is 3.46. The van der Waals surface area contributed by atoms with Gasteiger partial charge in [-0.25, -0.2) is 4.98 Å². The molecule has 4 aromatic carbocycles. The summed E-state index contributed by atoms with van der Waals surface area (Å²) < 4.78 is 6.00. The van der Waals surface area contributed by atoms with Crippen LogP contribution < -0.4 is 15.0 Å². The molecule has 43 heavy (non-hydrogen) atoms. The van der Waals surface area contributed by atoms with Crippen LogP contribution in [0, 0.1) is 0 Å². The van der Waals surface area contributed by atoms with Gasteiger partial charge in [0.15, 0.2) is 0 Å². The van der Waals surface area contributed by atoms with Gasteiger partial charge in [0.2, 0.25) is 0 Å². The molecule has 0 saturated carbocycles. The average Bonchev–Trinajstić information content (AvgIpc) is 3.47. The fraction of sp³-hybridized carbons (Fsp3) is 0.235. The number of aryl methyl sites for hydroxylation is 1. The average molecular weight is 615 g/mol. The summed E-state index contributed by atoms with van der Waals surface area (Å²) in [5.74, 6) is 1.30. The Labute approximate surface area is 261 Å². The second-order valence-electron chi connectivity index (χ2n) is 10.6. The van der Waals surface area contributed by atoms with Gasteiger partial charge >= 0.3 is 0 Å². The number of aromatic nitrogens is 2. The molecular weight excluding hydrogens is 581 g/mol. The van der Waals surface area contributed by atoms with Crippen LogP contribution in [0.3, 0.4) is 0 Å². The third-order valence-corrected chi connectivity index (χ3v) is 8.45. The predicted octanol–water partition coefficient (Wildman–Crippen LogP) is 7.55. The molecule has 1 saturated heterocycles. The van der Waals surface area contributed by atoms with E-state index in [0.29, 0.717) is 22.3 Å². The highest BCUT2D eigenvalue weighted by molar-refractivity contribution is 6.40. The molecule has 0 bridgehead atoms. The summed E-state index contributed by atoms with van der Waals surface area (Å²) in [7, 11) is 0. The van der Waals surface area contributed by atoms with Gasteiger partial charge in [0.05, 0.1) is 26.8 Å². The van der Waals surface area contributed by atoms with Crippen molar-refractivity contribution in [2.75, 3.05) is 49.5 Å². The maximum Gasteiger partial charge on any atom is 0.258 e. The molecule has 0 atom stereocenters. The molecule has 0 radical (unpaired) electrons. The molecule has 220 valence electrons. The van der Waals surface area contributed by atoms with Crippen molar-refractivity contribution in [1.29, 1.82) is 0 Å². The molecule has 1 amide bonds. The Morgan fingerprint density at radius 3 is 2.30 bits per heavy atom. The first-order valence-electron chi connectivity index (χ1n) is 14.5. The van der Waals surface area contributed by atoms with E-state index in [1.807, 2.05) is 12.1 Å². The first kappa shape index (κ1) is 29.1. The van der Waals surface area contributed by atoms with Crippen LogP contribution in [0.25, 0.3) is 22.4 Å². The van der Waals surface area contributed by atoms with Crippen LogP contribution in [0.2, 0.25) is 10.0 Å². The van der Waals surface area contributed by atoms with Crippen LogP contribution >= 0.6 is 23.2 Å². The van der Waals surface area contributed by atoms with Crippen LogP contribution in [0.4, 0.5) is 11.4 Å². The van der Waals surface area contributed by atoms with E-state index in [0.717, 1.165) is 67.3 Å². The number of rotatable bonds is 9. The zero-order chi connectivity index (χ0) is 29.8. The number of nitrogens with one attached hydrogen (secondary N) is 2. The standard InChI is InChI=1S/C34H33Cl2N5O2/c1-2-23-9-11-24(12-10-23)33-38-29-7-4-8-30(32(29)39-33)41-19-17-40(18-20-41)21-22-43-26-15-13-25(14-16-26)37-34(42)31-27(35)5-3-6-28(31)36/h3-16H,2,17-22H2,1H3,(H,37,42)(H,38,39). The van der Waals surface area contributed by atoms with Crippen molar-refractivity contribution in [3.63, 3.8) is 0 Å². The minimum atomic E-state index is -0.353. The Morgan fingerprint density at radius 1 is 0.907 bits per heavy atom. The number of hydrogen-bond donors (Lipinski definition) is 2. The number of H-pyrrole nitrogens is 1. The number of imidazole rings is 1. The van der Waals surface area contributed by atoms with E-state index < -0.39 is 0 Å². The Bertz CT molecular complexity index is 1690. The van der Waals surface area contributed by atoms with E-state index in [-0.39, 0.29) is 11.5 Å². The smallest absolute Gasteiger partial charge is 0.258 e. The number of piperazine rings is 1. The number of hydrogen-bond acceptors (Lipinski definition) is 5. The fourth-order valence-corrected chi connectivity index (χ4v) is 5.92. The summed E-state index contributed by atoms with van der Waals surface area (Å²) >= 11 is 12.3. The number of anilines is 2. The zero-order valence-electron chi connectivity index (χ0n) is 23.9. The number of fused-ring (bicyclic) bond motifs is 1. The van der Waals surface area contributed by atoms with Gasteiger partial charge in [0.1, 0.15) is 23.7 Å². The van der Waals surface area contributed by atoms with E-state index in [4.69, 9.17) is 32.9 Å². The zero-order valence-corrected chi connectivity index (χ0v) is 25.5. The van der Waals surface area contributed by atoms with Crippen molar-refractivity contribution in [3.8, 4) is 17.1 Å². The highest BCUT2D eigenvalue weighted by atomic mass is 35.5. The Hall–Kier alpha value is -4.04. The second-order valence-corrected chi connectivity index (χ2v) is 11.4.